The molecule has 2 aromatic rings. The summed E-state index contributed by atoms with van der Waals surface area (Å²) in [6.07, 6.45) is 0. The molecule has 0 unspecified atom stereocenters. The fourth-order valence-corrected chi connectivity index (χ4v) is 1.79. The van der Waals surface area contributed by atoms with Gasteiger partial charge in [-0.1, -0.05) is 0 Å². The Balaban J connectivity index is 2.19. The van der Waals surface area contributed by atoms with Crippen molar-refractivity contribution in [3.8, 4) is 5.75 Å². The maximum Gasteiger partial charge on any atom is 0.162 e. The highest BCUT2D eigenvalue weighted by Gasteiger charge is 2.13. The second-order valence-electron chi connectivity index (χ2n) is 3.69. The van der Waals surface area contributed by atoms with Gasteiger partial charge >= 0.3 is 0 Å². The van der Waals surface area contributed by atoms with Crippen molar-refractivity contribution < 1.29 is 22.3 Å². The minimum atomic E-state index is -1.09. The van der Waals surface area contributed by atoms with E-state index >= 15 is 0 Å². The second-order valence-corrected chi connectivity index (χ2v) is 4.54. The fraction of sp³-hybridized carbons (Fsp3) is 0.0769. The van der Waals surface area contributed by atoms with Crippen molar-refractivity contribution in [2.75, 3.05) is 0 Å². The van der Waals surface area contributed by atoms with Gasteiger partial charge in [-0.05, 0) is 40.2 Å². The largest absolute Gasteiger partial charge is 0.489 e. The molecule has 1 nitrogen and oxygen atoms in total. The minimum Gasteiger partial charge on any atom is -0.489 e. The van der Waals surface area contributed by atoms with Crippen LogP contribution in [0.4, 0.5) is 17.6 Å². The molecule has 100 valence electrons. The molecule has 0 bridgehead atoms. The Labute approximate surface area is 114 Å². The molecule has 0 saturated carbocycles. The Kier molecular flexibility index (Phi) is 4.09. The van der Waals surface area contributed by atoms with Crippen LogP contribution in [0.1, 0.15) is 5.56 Å². The molecule has 0 aromatic heterocycles. The van der Waals surface area contributed by atoms with Crippen molar-refractivity contribution in [3.63, 3.8) is 0 Å². The van der Waals surface area contributed by atoms with Crippen LogP contribution in [0.5, 0.6) is 5.75 Å². The summed E-state index contributed by atoms with van der Waals surface area (Å²) < 4.78 is 57.7. The van der Waals surface area contributed by atoms with Crippen molar-refractivity contribution in [2.24, 2.45) is 0 Å². The molecule has 6 heteroatoms. The van der Waals surface area contributed by atoms with Gasteiger partial charge in [0.15, 0.2) is 11.6 Å². The van der Waals surface area contributed by atoms with Crippen LogP contribution < -0.4 is 4.74 Å². The highest BCUT2D eigenvalue weighted by Crippen LogP contribution is 2.23. The SMILES string of the molecule is Fc1ccc(OCc2c(F)ccc(Br)c2F)cc1F. The van der Waals surface area contributed by atoms with Gasteiger partial charge in [-0.2, -0.15) is 0 Å². The minimum absolute atomic E-state index is 0.0160. The van der Waals surface area contributed by atoms with Crippen LogP contribution in [0.3, 0.4) is 0 Å². The van der Waals surface area contributed by atoms with E-state index in [9.17, 15) is 17.6 Å². The van der Waals surface area contributed by atoms with Gasteiger partial charge in [-0.15, -0.1) is 0 Å². The monoisotopic (exact) mass is 334 g/mol. The smallest absolute Gasteiger partial charge is 0.162 e. The lowest BCUT2D eigenvalue weighted by Gasteiger charge is -2.09. The molecule has 0 spiro atoms. The van der Waals surface area contributed by atoms with Gasteiger partial charge < -0.3 is 4.74 Å². The van der Waals surface area contributed by atoms with Gasteiger partial charge in [0.2, 0.25) is 0 Å². The summed E-state index contributed by atoms with van der Waals surface area (Å²) in [6, 6.07) is 5.16. The molecule has 2 aromatic carbocycles. The number of benzene rings is 2. The molecular weight excluding hydrogens is 328 g/mol. The second kappa shape index (κ2) is 5.61. The maximum atomic E-state index is 13.6. The van der Waals surface area contributed by atoms with E-state index in [1.807, 2.05) is 0 Å². The van der Waals surface area contributed by atoms with Crippen LogP contribution in [0.15, 0.2) is 34.8 Å². The zero-order valence-electron chi connectivity index (χ0n) is 9.39. The van der Waals surface area contributed by atoms with E-state index in [0.717, 1.165) is 18.2 Å². The third kappa shape index (κ3) is 3.07. The standard InChI is InChI=1S/C13H7BrF4O/c14-9-2-4-10(15)8(13(9)18)6-19-7-1-3-11(16)12(17)5-7/h1-5H,6H2. The average molecular weight is 335 g/mol. The number of hydrogen-bond acceptors (Lipinski definition) is 1. The Bertz CT molecular complexity index is 616. The summed E-state index contributed by atoms with van der Waals surface area (Å²) in [5, 5.41) is 0. The Morgan fingerprint density at radius 1 is 0.895 bits per heavy atom. The van der Waals surface area contributed by atoms with E-state index in [1.165, 1.54) is 12.1 Å². The van der Waals surface area contributed by atoms with Gasteiger partial charge in [0.1, 0.15) is 24.0 Å². The van der Waals surface area contributed by atoms with E-state index < -0.39 is 29.9 Å². The van der Waals surface area contributed by atoms with Crippen molar-refractivity contribution in [2.45, 2.75) is 6.61 Å². The molecule has 0 heterocycles. The highest BCUT2D eigenvalue weighted by atomic mass is 79.9. The topological polar surface area (TPSA) is 9.23 Å². The Morgan fingerprint density at radius 2 is 1.58 bits per heavy atom. The number of hydrogen-bond donors (Lipinski definition) is 0. The first-order valence-corrected chi connectivity index (χ1v) is 5.98. The molecule has 2 rings (SSSR count). The molecular formula is C13H7BrF4O. The quantitative estimate of drug-likeness (QED) is 0.589. The van der Waals surface area contributed by atoms with Crippen molar-refractivity contribution in [1.82, 2.24) is 0 Å². The summed E-state index contributed by atoms with van der Waals surface area (Å²) in [5.41, 5.74) is -0.292. The van der Waals surface area contributed by atoms with Gasteiger partial charge in [-0.3, -0.25) is 0 Å². The molecule has 0 aliphatic carbocycles. The van der Waals surface area contributed by atoms with Crippen molar-refractivity contribution in [1.29, 1.82) is 0 Å². The molecule has 0 radical (unpaired) electrons. The molecule has 0 aliphatic heterocycles. The molecule has 0 fully saturated rings. The first-order valence-electron chi connectivity index (χ1n) is 5.19. The molecule has 0 aliphatic rings. The molecule has 0 saturated heterocycles. The van der Waals surface area contributed by atoms with Crippen molar-refractivity contribution in [3.05, 3.63) is 63.6 Å². The van der Waals surface area contributed by atoms with Crippen LogP contribution in [0.2, 0.25) is 0 Å². The highest BCUT2D eigenvalue weighted by molar-refractivity contribution is 9.10. The Hall–Kier alpha value is -1.56. The summed E-state index contributed by atoms with van der Waals surface area (Å²) >= 11 is 2.92. The molecule has 0 N–H and O–H groups in total. The Morgan fingerprint density at radius 3 is 2.26 bits per heavy atom. The summed E-state index contributed by atoms with van der Waals surface area (Å²) in [4.78, 5) is 0. The van der Waals surface area contributed by atoms with E-state index in [2.05, 4.69) is 15.9 Å². The van der Waals surface area contributed by atoms with Crippen molar-refractivity contribution >= 4 is 15.9 Å². The van der Waals surface area contributed by atoms with E-state index in [0.29, 0.717) is 0 Å². The van der Waals surface area contributed by atoms with E-state index in [1.54, 1.807) is 0 Å². The van der Waals surface area contributed by atoms with E-state index in [4.69, 9.17) is 4.74 Å². The third-order valence-electron chi connectivity index (χ3n) is 2.41. The predicted molar refractivity (Wildman–Crippen MR) is 64.7 cm³/mol. The first-order chi connectivity index (χ1) is 8.99. The summed E-state index contributed by atoms with van der Waals surface area (Å²) in [5.74, 6) is -3.69. The van der Waals surface area contributed by atoms with Gasteiger partial charge in [0.05, 0.1) is 10.0 Å². The van der Waals surface area contributed by atoms with Crippen LogP contribution in [-0.2, 0) is 6.61 Å². The average Bonchev–Trinajstić information content (AvgIpc) is 2.38. The number of ether oxygens (including phenoxy) is 1. The van der Waals surface area contributed by atoms with Gasteiger partial charge in [-0.25, -0.2) is 17.6 Å². The molecule has 19 heavy (non-hydrogen) atoms. The zero-order chi connectivity index (χ0) is 14.0. The normalized spacial score (nSPS) is 10.6. The van der Waals surface area contributed by atoms with Gasteiger partial charge in [0, 0.05) is 6.07 Å². The number of halogens is 5. The lowest BCUT2D eigenvalue weighted by molar-refractivity contribution is 0.289. The predicted octanol–water partition coefficient (Wildman–Crippen LogP) is 4.58. The lowest BCUT2D eigenvalue weighted by Crippen LogP contribution is -2.03. The summed E-state index contributed by atoms with van der Waals surface area (Å²) in [6.45, 7) is -0.428. The van der Waals surface area contributed by atoms with Crippen LogP contribution in [0, 0.1) is 23.3 Å². The summed E-state index contributed by atoms with van der Waals surface area (Å²) in [7, 11) is 0. The van der Waals surface area contributed by atoms with Crippen LogP contribution in [-0.4, -0.2) is 0 Å². The van der Waals surface area contributed by atoms with Gasteiger partial charge in [0.25, 0.3) is 0 Å². The molecule has 0 atom stereocenters. The van der Waals surface area contributed by atoms with Crippen LogP contribution in [0.25, 0.3) is 0 Å². The zero-order valence-corrected chi connectivity index (χ0v) is 11.0. The first kappa shape index (κ1) is 13.9. The third-order valence-corrected chi connectivity index (χ3v) is 3.03. The molecule has 0 amide bonds. The van der Waals surface area contributed by atoms with E-state index in [-0.39, 0.29) is 15.8 Å². The van der Waals surface area contributed by atoms with Crippen LogP contribution >= 0.6 is 15.9 Å². The fourth-order valence-electron chi connectivity index (χ4n) is 1.42. The number of rotatable bonds is 3. The maximum absolute atomic E-state index is 13.6. The lowest BCUT2D eigenvalue weighted by atomic mass is 10.2.